The van der Waals surface area contributed by atoms with E-state index in [4.69, 9.17) is 17.3 Å². The highest BCUT2D eigenvalue weighted by atomic mass is 35.5. The van der Waals surface area contributed by atoms with Gasteiger partial charge in [-0.3, -0.25) is 9.59 Å². The van der Waals surface area contributed by atoms with Gasteiger partial charge in [-0.15, -0.1) is 11.3 Å². The third kappa shape index (κ3) is 2.93. The second-order valence-corrected chi connectivity index (χ2v) is 6.52. The number of benzene rings is 2. The molecule has 23 heavy (non-hydrogen) atoms. The van der Waals surface area contributed by atoms with Crippen molar-refractivity contribution in [3.8, 4) is 0 Å². The van der Waals surface area contributed by atoms with Crippen LogP contribution >= 0.6 is 22.9 Å². The zero-order valence-electron chi connectivity index (χ0n) is 12.2. The molecule has 3 aromatic rings. The fourth-order valence-electron chi connectivity index (χ4n) is 2.36. The summed E-state index contributed by atoms with van der Waals surface area (Å²) in [7, 11) is 0. The Kier molecular flexibility index (Phi) is 4.07. The summed E-state index contributed by atoms with van der Waals surface area (Å²) in [6.45, 7) is 1.96. The van der Waals surface area contributed by atoms with E-state index in [1.807, 2.05) is 25.1 Å². The molecule has 0 radical (unpaired) electrons. The molecule has 1 heterocycles. The van der Waals surface area contributed by atoms with E-state index in [-0.39, 0.29) is 5.91 Å². The van der Waals surface area contributed by atoms with Crippen molar-refractivity contribution in [3.63, 3.8) is 0 Å². The molecule has 2 amide bonds. The van der Waals surface area contributed by atoms with Gasteiger partial charge in [-0.2, -0.15) is 0 Å². The standard InChI is InChI=1S/C17H13ClN2O2S/c1-9-4-2-7-12-13(9)14(18)15(23-12)17(22)20-11-6-3-5-10(8-11)16(19)21/h2-8H,1H3,(H2,19,21)(H,20,22). The van der Waals surface area contributed by atoms with Gasteiger partial charge in [0.15, 0.2) is 0 Å². The van der Waals surface area contributed by atoms with Crippen molar-refractivity contribution in [2.24, 2.45) is 5.73 Å². The Hall–Kier alpha value is -2.37. The first-order valence-electron chi connectivity index (χ1n) is 6.86. The van der Waals surface area contributed by atoms with Crippen molar-refractivity contribution in [1.29, 1.82) is 0 Å². The van der Waals surface area contributed by atoms with Gasteiger partial charge in [-0.1, -0.05) is 29.8 Å². The molecule has 1 aromatic heterocycles. The smallest absolute Gasteiger partial charge is 0.267 e. The van der Waals surface area contributed by atoms with Gasteiger partial charge in [0, 0.05) is 21.3 Å². The number of rotatable bonds is 3. The van der Waals surface area contributed by atoms with Crippen LogP contribution < -0.4 is 11.1 Å². The number of carbonyl (C=O) groups excluding carboxylic acids is 2. The summed E-state index contributed by atoms with van der Waals surface area (Å²) < 4.78 is 0.964. The van der Waals surface area contributed by atoms with E-state index < -0.39 is 5.91 Å². The Labute approximate surface area is 141 Å². The number of hydrogen-bond acceptors (Lipinski definition) is 3. The average Bonchev–Trinajstić information content (AvgIpc) is 2.86. The number of amides is 2. The lowest BCUT2D eigenvalue weighted by molar-refractivity contribution is 0.0996. The number of thiophene rings is 1. The normalized spacial score (nSPS) is 10.7. The molecular weight excluding hydrogens is 332 g/mol. The first-order valence-corrected chi connectivity index (χ1v) is 8.05. The summed E-state index contributed by atoms with van der Waals surface area (Å²) in [5.74, 6) is -0.853. The molecule has 0 aliphatic carbocycles. The third-order valence-corrected chi connectivity index (χ3v) is 5.12. The SMILES string of the molecule is Cc1cccc2sc(C(=O)Nc3cccc(C(N)=O)c3)c(Cl)c12. The second kappa shape index (κ2) is 6.02. The monoisotopic (exact) mass is 344 g/mol. The zero-order chi connectivity index (χ0) is 16.6. The molecule has 6 heteroatoms. The molecule has 3 rings (SSSR count). The Bertz CT molecular complexity index is 933. The van der Waals surface area contributed by atoms with Crippen LogP contribution in [-0.2, 0) is 0 Å². The maximum Gasteiger partial charge on any atom is 0.267 e. The van der Waals surface area contributed by atoms with Crippen molar-refractivity contribution >= 4 is 50.5 Å². The van der Waals surface area contributed by atoms with E-state index >= 15 is 0 Å². The number of nitrogens with two attached hydrogens (primary N) is 1. The zero-order valence-corrected chi connectivity index (χ0v) is 13.8. The number of fused-ring (bicyclic) bond motifs is 1. The van der Waals surface area contributed by atoms with E-state index in [9.17, 15) is 9.59 Å². The van der Waals surface area contributed by atoms with Gasteiger partial charge in [-0.05, 0) is 36.8 Å². The molecule has 0 saturated carbocycles. The van der Waals surface area contributed by atoms with Gasteiger partial charge in [0.1, 0.15) is 4.88 Å². The molecule has 4 nitrogen and oxygen atoms in total. The second-order valence-electron chi connectivity index (χ2n) is 5.09. The van der Waals surface area contributed by atoms with Crippen LogP contribution in [0.5, 0.6) is 0 Å². The van der Waals surface area contributed by atoms with E-state index in [0.717, 1.165) is 15.6 Å². The van der Waals surface area contributed by atoms with Crippen LogP contribution in [0.15, 0.2) is 42.5 Å². The minimum atomic E-state index is -0.545. The number of hydrogen-bond donors (Lipinski definition) is 2. The number of aryl methyl sites for hydroxylation is 1. The summed E-state index contributed by atoms with van der Waals surface area (Å²) >= 11 is 7.72. The molecule has 0 fully saturated rings. The number of halogens is 1. The van der Waals surface area contributed by atoms with Crippen molar-refractivity contribution in [2.45, 2.75) is 6.92 Å². The first kappa shape index (κ1) is 15.5. The fourth-order valence-corrected chi connectivity index (χ4v) is 3.94. The molecule has 0 aliphatic heterocycles. The van der Waals surface area contributed by atoms with Gasteiger partial charge in [0.05, 0.1) is 5.02 Å². The molecule has 2 aromatic carbocycles. The lowest BCUT2D eigenvalue weighted by atomic mass is 10.1. The minimum absolute atomic E-state index is 0.308. The van der Waals surface area contributed by atoms with Crippen molar-refractivity contribution in [1.82, 2.24) is 0 Å². The van der Waals surface area contributed by atoms with Gasteiger partial charge in [0.2, 0.25) is 5.91 Å². The van der Waals surface area contributed by atoms with Crippen LogP contribution in [0.1, 0.15) is 25.6 Å². The van der Waals surface area contributed by atoms with Crippen LogP contribution in [0.2, 0.25) is 5.02 Å². The molecule has 0 bridgehead atoms. The Balaban J connectivity index is 1.95. The Morgan fingerprint density at radius 1 is 1.17 bits per heavy atom. The maximum absolute atomic E-state index is 12.5. The summed E-state index contributed by atoms with van der Waals surface area (Å²) in [4.78, 5) is 24.1. The van der Waals surface area contributed by atoms with Crippen LogP contribution in [0, 0.1) is 6.92 Å². The molecule has 0 aliphatic rings. The lowest BCUT2D eigenvalue weighted by Crippen LogP contribution is -2.13. The van der Waals surface area contributed by atoms with Gasteiger partial charge < -0.3 is 11.1 Å². The van der Waals surface area contributed by atoms with Crippen molar-refractivity contribution in [2.75, 3.05) is 5.32 Å². The van der Waals surface area contributed by atoms with E-state index in [0.29, 0.717) is 21.2 Å². The highest BCUT2D eigenvalue weighted by Gasteiger charge is 2.18. The lowest BCUT2D eigenvalue weighted by Gasteiger charge is -2.05. The maximum atomic E-state index is 12.5. The Morgan fingerprint density at radius 2 is 1.91 bits per heavy atom. The topological polar surface area (TPSA) is 72.2 Å². The Morgan fingerprint density at radius 3 is 2.61 bits per heavy atom. The minimum Gasteiger partial charge on any atom is -0.366 e. The molecule has 116 valence electrons. The molecule has 0 spiro atoms. The predicted molar refractivity (Wildman–Crippen MR) is 94.5 cm³/mol. The highest BCUT2D eigenvalue weighted by molar-refractivity contribution is 7.21. The summed E-state index contributed by atoms with van der Waals surface area (Å²) in [6, 6.07) is 12.3. The fraction of sp³-hybridized carbons (Fsp3) is 0.0588. The van der Waals surface area contributed by atoms with Gasteiger partial charge in [-0.25, -0.2) is 0 Å². The van der Waals surface area contributed by atoms with Crippen LogP contribution in [0.4, 0.5) is 5.69 Å². The van der Waals surface area contributed by atoms with E-state index in [1.165, 1.54) is 17.4 Å². The van der Waals surface area contributed by atoms with Crippen molar-refractivity contribution < 1.29 is 9.59 Å². The first-order chi connectivity index (χ1) is 11.0. The third-order valence-electron chi connectivity index (χ3n) is 3.48. The number of primary amides is 1. The quantitative estimate of drug-likeness (QED) is 0.746. The summed E-state index contributed by atoms with van der Waals surface area (Å²) in [5.41, 5.74) is 7.10. The number of nitrogens with one attached hydrogen (secondary N) is 1. The summed E-state index contributed by atoms with van der Waals surface area (Å²) in [6.07, 6.45) is 0. The van der Waals surface area contributed by atoms with Crippen LogP contribution in [-0.4, -0.2) is 11.8 Å². The van der Waals surface area contributed by atoms with Crippen LogP contribution in [0.3, 0.4) is 0 Å². The van der Waals surface area contributed by atoms with Gasteiger partial charge >= 0.3 is 0 Å². The number of anilines is 1. The largest absolute Gasteiger partial charge is 0.366 e. The molecule has 0 unspecified atom stereocenters. The summed E-state index contributed by atoms with van der Waals surface area (Å²) in [5, 5.41) is 4.10. The predicted octanol–water partition coefficient (Wildman–Crippen LogP) is 4.21. The van der Waals surface area contributed by atoms with E-state index in [1.54, 1.807) is 18.2 Å². The van der Waals surface area contributed by atoms with Crippen LogP contribution in [0.25, 0.3) is 10.1 Å². The molecule has 0 saturated heterocycles. The van der Waals surface area contributed by atoms with E-state index in [2.05, 4.69) is 5.32 Å². The molecular formula is C17H13ClN2O2S. The van der Waals surface area contributed by atoms with Gasteiger partial charge in [0.25, 0.3) is 5.91 Å². The number of carbonyl (C=O) groups is 2. The van der Waals surface area contributed by atoms with Crippen molar-refractivity contribution in [3.05, 3.63) is 63.5 Å². The highest BCUT2D eigenvalue weighted by Crippen LogP contribution is 2.37. The molecule has 3 N–H and O–H groups in total. The molecule has 0 atom stereocenters. The average molecular weight is 345 g/mol.